The first kappa shape index (κ1) is 29.5. The second kappa shape index (κ2) is 13.6. The van der Waals surface area contributed by atoms with E-state index in [4.69, 9.17) is 0 Å². The zero-order chi connectivity index (χ0) is 26.2. The summed E-state index contributed by atoms with van der Waals surface area (Å²) < 4.78 is 0. The topological polar surface area (TPSA) is 96.6 Å². The first-order valence-corrected chi connectivity index (χ1v) is 11.7. The number of rotatable bonds is 4. The van der Waals surface area contributed by atoms with E-state index in [1.807, 2.05) is 88.4 Å². The van der Waals surface area contributed by atoms with Gasteiger partial charge in [0.25, 0.3) is 0 Å². The number of aryl methyl sites for hydroxylation is 2. The van der Waals surface area contributed by atoms with E-state index in [-0.39, 0.29) is 31.0 Å². The van der Waals surface area contributed by atoms with Crippen LogP contribution < -0.4 is 10.2 Å². The standard InChI is InChI=1S/2C15H16N2O.Zn/c2*1-10-7-8-13-5-4-6-14(15(13)17-10)16-11(2)9-12(3)18;/h2*4-9,18H,1-3H3;/q;;+2/p-2/b2*12-9-,16-11?;. The van der Waals surface area contributed by atoms with Gasteiger partial charge in [0.05, 0.1) is 22.4 Å². The maximum absolute atomic E-state index is 11.0. The monoisotopic (exact) mass is 542 g/mol. The molecular formula is C30H30N4O2Zn. The fraction of sp³-hybridized carbons (Fsp3) is 0.200. The molecule has 7 heteroatoms. The molecule has 2 aromatic carbocycles. The number of aliphatic imine (C=N–C) groups is 2. The molecule has 0 saturated carbocycles. The third kappa shape index (κ3) is 8.73. The molecule has 0 saturated heterocycles. The Balaban J connectivity index is 0.000000253. The van der Waals surface area contributed by atoms with E-state index in [0.29, 0.717) is 11.4 Å². The van der Waals surface area contributed by atoms with Crippen molar-refractivity contribution >= 4 is 44.6 Å². The van der Waals surface area contributed by atoms with Crippen LogP contribution in [0.4, 0.5) is 11.4 Å². The van der Waals surface area contributed by atoms with Gasteiger partial charge in [0.15, 0.2) is 0 Å². The smallest absolute Gasteiger partial charge is 0.876 e. The molecule has 0 radical (unpaired) electrons. The molecule has 0 aliphatic heterocycles. The van der Waals surface area contributed by atoms with Gasteiger partial charge in [-0.1, -0.05) is 62.4 Å². The van der Waals surface area contributed by atoms with E-state index >= 15 is 0 Å². The molecule has 0 N–H and O–H groups in total. The Morgan fingerprint density at radius 3 is 1.35 bits per heavy atom. The van der Waals surface area contributed by atoms with Crippen LogP contribution in [0.3, 0.4) is 0 Å². The molecule has 4 rings (SSSR count). The third-order valence-corrected chi connectivity index (χ3v) is 5.09. The van der Waals surface area contributed by atoms with Gasteiger partial charge in [-0.15, -0.1) is 11.5 Å². The Labute approximate surface area is 231 Å². The fourth-order valence-electron chi connectivity index (χ4n) is 3.67. The van der Waals surface area contributed by atoms with Crippen molar-refractivity contribution in [2.45, 2.75) is 41.5 Å². The number of fused-ring (bicyclic) bond motifs is 2. The number of aromatic nitrogens is 2. The number of pyridine rings is 2. The van der Waals surface area contributed by atoms with Crippen LogP contribution in [0.1, 0.15) is 39.1 Å². The van der Waals surface area contributed by atoms with Crippen molar-refractivity contribution in [3.05, 3.63) is 95.7 Å². The van der Waals surface area contributed by atoms with Crippen molar-refractivity contribution in [3.8, 4) is 0 Å². The van der Waals surface area contributed by atoms with E-state index < -0.39 is 0 Å². The van der Waals surface area contributed by atoms with E-state index in [0.717, 1.165) is 44.6 Å². The molecule has 0 spiro atoms. The predicted molar refractivity (Wildman–Crippen MR) is 146 cm³/mol. The molecule has 37 heavy (non-hydrogen) atoms. The Hall–Kier alpha value is -3.70. The van der Waals surface area contributed by atoms with Crippen LogP contribution >= 0.6 is 0 Å². The summed E-state index contributed by atoms with van der Waals surface area (Å²) in [6.45, 7) is 10.6. The zero-order valence-electron chi connectivity index (χ0n) is 22.2. The van der Waals surface area contributed by atoms with Crippen molar-refractivity contribution in [2.24, 2.45) is 9.98 Å². The molecule has 0 amide bonds. The zero-order valence-corrected chi connectivity index (χ0v) is 25.2. The minimum Gasteiger partial charge on any atom is -0.876 e. The molecule has 0 aliphatic rings. The van der Waals surface area contributed by atoms with E-state index in [9.17, 15) is 10.2 Å². The van der Waals surface area contributed by atoms with Gasteiger partial charge in [0, 0.05) is 33.6 Å². The first-order valence-electron chi connectivity index (χ1n) is 11.7. The van der Waals surface area contributed by atoms with Crippen molar-refractivity contribution in [2.75, 3.05) is 0 Å². The maximum Gasteiger partial charge on any atom is 2.00 e. The molecule has 184 valence electrons. The van der Waals surface area contributed by atoms with Gasteiger partial charge in [-0.3, -0.25) is 20.0 Å². The number of hydrogen-bond donors (Lipinski definition) is 0. The van der Waals surface area contributed by atoms with E-state index in [1.54, 1.807) is 0 Å². The van der Waals surface area contributed by atoms with Gasteiger partial charge in [-0.05, 0) is 52.0 Å². The Kier molecular flexibility index (Phi) is 10.8. The predicted octanol–water partition coefficient (Wildman–Crippen LogP) is 5.80. The second-order valence-electron chi connectivity index (χ2n) is 8.62. The SMILES string of the molecule is CC(/C=C(/C)[O-])=Nc1cccc2ccc(C)nc12.CC(/C=C(/C)[O-])=Nc1cccc2ccc(C)nc12.[Zn+2]. The van der Waals surface area contributed by atoms with Crippen molar-refractivity contribution in [1.29, 1.82) is 0 Å². The largest absolute Gasteiger partial charge is 2.00 e. The molecule has 0 atom stereocenters. The van der Waals surface area contributed by atoms with Crippen LogP contribution in [0.5, 0.6) is 0 Å². The second-order valence-corrected chi connectivity index (χ2v) is 8.62. The Morgan fingerprint density at radius 2 is 1.00 bits per heavy atom. The van der Waals surface area contributed by atoms with Gasteiger partial charge in [0.1, 0.15) is 0 Å². The first-order chi connectivity index (χ1) is 17.1. The molecule has 0 unspecified atom stereocenters. The minimum absolute atomic E-state index is 0. The number of nitrogens with zero attached hydrogens (tertiary/aromatic N) is 4. The number of allylic oxidation sites excluding steroid dienone is 4. The molecule has 4 aromatic rings. The third-order valence-electron chi connectivity index (χ3n) is 5.09. The summed E-state index contributed by atoms with van der Waals surface area (Å²) in [5, 5.41) is 24.1. The number of hydrogen-bond acceptors (Lipinski definition) is 6. The van der Waals surface area contributed by atoms with Gasteiger partial charge in [-0.25, -0.2) is 0 Å². The summed E-state index contributed by atoms with van der Waals surface area (Å²) in [5.41, 5.74) is 6.63. The summed E-state index contributed by atoms with van der Waals surface area (Å²) in [7, 11) is 0. The van der Waals surface area contributed by atoms with Crippen LogP contribution in [0, 0.1) is 13.8 Å². The van der Waals surface area contributed by atoms with Crippen LogP contribution in [0.2, 0.25) is 0 Å². The number of para-hydroxylation sites is 2. The van der Waals surface area contributed by atoms with Crippen LogP contribution in [-0.4, -0.2) is 21.4 Å². The summed E-state index contributed by atoms with van der Waals surface area (Å²) in [6.07, 6.45) is 3.04. The summed E-state index contributed by atoms with van der Waals surface area (Å²) in [5.74, 6) is 0.00116. The average Bonchev–Trinajstić information content (AvgIpc) is 2.79. The summed E-state index contributed by atoms with van der Waals surface area (Å²) >= 11 is 0. The van der Waals surface area contributed by atoms with Gasteiger partial charge in [0.2, 0.25) is 0 Å². The Morgan fingerprint density at radius 1 is 0.622 bits per heavy atom. The van der Waals surface area contributed by atoms with Crippen molar-refractivity contribution < 1.29 is 29.7 Å². The van der Waals surface area contributed by atoms with Crippen molar-refractivity contribution in [1.82, 2.24) is 9.97 Å². The van der Waals surface area contributed by atoms with Crippen molar-refractivity contribution in [3.63, 3.8) is 0 Å². The molecule has 0 fully saturated rings. The van der Waals surface area contributed by atoms with Gasteiger partial charge < -0.3 is 10.2 Å². The Bertz CT molecular complexity index is 1400. The molecule has 2 heterocycles. The van der Waals surface area contributed by atoms with E-state index in [2.05, 4.69) is 20.0 Å². The fourth-order valence-corrected chi connectivity index (χ4v) is 3.67. The van der Waals surface area contributed by atoms with Crippen LogP contribution in [0.25, 0.3) is 21.8 Å². The molecule has 0 bridgehead atoms. The average molecular weight is 544 g/mol. The quantitative estimate of drug-likeness (QED) is 0.185. The molecule has 6 nitrogen and oxygen atoms in total. The number of benzene rings is 2. The maximum atomic E-state index is 11.0. The molecular weight excluding hydrogens is 514 g/mol. The van der Waals surface area contributed by atoms with Gasteiger partial charge >= 0.3 is 19.5 Å². The van der Waals surface area contributed by atoms with Crippen LogP contribution in [-0.2, 0) is 19.5 Å². The normalized spacial score (nSPS) is 12.7. The van der Waals surface area contributed by atoms with E-state index in [1.165, 1.54) is 26.0 Å². The molecule has 2 aromatic heterocycles. The van der Waals surface area contributed by atoms with Crippen LogP contribution in [0.15, 0.2) is 94.3 Å². The summed E-state index contributed by atoms with van der Waals surface area (Å²) in [4.78, 5) is 17.9. The molecule has 0 aliphatic carbocycles. The van der Waals surface area contributed by atoms with Gasteiger partial charge in [-0.2, -0.15) is 0 Å². The minimum atomic E-state index is 0. The summed E-state index contributed by atoms with van der Waals surface area (Å²) in [6, 6.07) is 19.7.